The van der Waals surface area contributed by atoms with Gasteiger partial charge in [-0.05, 0) is 93.3 Å². The average molecular weight is 606 g/mol. The highest BCUT2D eigenvalue weighted by Crippen LogP contribution is 2.48. The molecule has 0 radical (unpaired) electrons. The monoisotopic (exact) mass is 605 g/mol. The fraction of sp³-hybridized carbons (Fsp3) is 1.00. The first-order chi connectivity index (χ1) is 17.5. The van der Waals surface area contributed by atoms with E-state index in [1.54, 1.807) is 0 Å². The first-order valence-electron chi connectivity index (χ1n) is 17.1. The van der Waals surface area contributed by atoms with Gasteiger partial charge in [-0.1, -0.05) is 87.0 Å². The van der Waals surface area contributed by atoms with Crippen LogP contribution < -0.4 is 24.8 Å². The lowest BCUT2D eigenvalue weighted by Gasteiger charge is -2.53. The Labute approximate surface area is 266 Å². The van der Waals surface area contributed by atoms with Crippen LogP contribution >= 0.6 is 0 Å². The maximum Gasteiger partial charge on any atom is 0.216 e. The van der Waals surface area contributed by atoms with E-state index in [1.807, 2.05) is 0 Å². The number of halogens is 2. The minimum absolute atomic E-state index is 0. The summed E-state index contributed by atoms with van der Waals surface area (Å²) in [4.78, 5) is 0. The van der Waals surface area contributed by atoms with Crippen molar-refractivity contribution in [1.29, 1.82) is 0 Å². The molecule has 2 aliphatic rings. The van der Waals surface area contributed by atoms with Crippen LogP contribution in [0.2, 0.25) is 0 Å². The molecule has 0 aromatic heterocycles. The fourth-order valence-electron chi connectivity index (χ4n) is 9.53. The third-order valence-corrected chi connectivity index (χ3v) is 13.0. The zero-order valence-electron chi connectivity index (χ0n) is 29.6. The second-order valence-electron chi connectivity index (χ2n) is 17.0. The van der Waals surface area contributed by atoms with Crippen LogP contribution in [0.15, 0.2) is 0 Å². The Bertz CT molecular complexity index is 647. The van der Waals surface area contributed by atoms with Gasteiger partial charge < -0.3 is 24.8 Å². The molecule has 40 heavy (non-hydrogen) atoms. The molecule has 242 valence electrons. The molecule has 0 saturated heterocycles. The zero-order valence-corrected chi connectivity index (χ0v) is 31.1. The molecule has 2 aliphatic carbocycles. The van der Waals surface area contributed by atoms with E-state index in [9.17, 15) is 0 Å². The van der Waals surface area contributed by atoms with Crippen LogP contribution in [0.4, 0.5) is 0 Å². The second-order valence-corrected chi connectivity index (χ2v) is 17.0. The number of hydrogen-bond donors (Lipinski definition) is 0. The van der Waals surface area contributed by atoms with Gasteiger partial charge in [0.25, 0.3) is 0 Å². The molecule has 0 heterocycles. The van der Waals surface area contributed by atoms with Crippen LogP contribution in [0.3, 0.4) is 0 Å². The third-order valence-electron chi connectivity index (χ3n) is 13.0. The summed E-state index contributed by atoms with van der Waals surface area (Å²) in [6.07, 6.45) is 20.3. The zero-order chi connectivity index (χ0) is 28.9. The topological polar surface area (TPSA) is 0 Å². The van der Waals surface area contributed by atoms with Crippen LogP contribution in [0.25, 0.3) is 0 Å². The van der Waals surface area contributed by atoms with Crippen LogP contribution in [0.5, 0.6) is 0 Å². The summed E-state index contributed by atoms with van der Waals surface area (Å²) in [5.41, 5.74) is 1.03. The third kappa shape index (κ3) is 10.0. The van der Waals surface area contributed by atoms with Crippen molar-refractivity contribution in [3.05, 3.63) is 0 Å². The minimum atomic E-state index is 0. The molecule has 0 aliphatic heterocycles. The second kappa shape index (κ2) is 16.5. The predicted molar refractivity (Wildman–Crippen MR) is 170 cm³/mol. The molecule has 2 fully saturated rings. The molecule has 0 spiro atoms. The van der Waals surface area contributed by atoms with E-state index < -0.39 is 0 Å². The largest absolute Gasteiger partial charge is 1.00 e. The van der Waals surface area contributed by atoms with Gasteiger partial charge >= 0.3 is 0 Å². The van der Waals surface area contributed by atoms with E-state index in [0.717, 1.165) is 23.7 Å². The van der Waals surface area contributed by atoms with Crippen molar-refractivity contribution in [3.63, 3.8) is 0 Å². The summed E-state index contributed by atoms with van der Waals surface area (Å²) in [5, 5.41) is 0. The lowest BCUT2D eigenvalue weighted by Crippen LogP contribution is -3.00. The van der Waals surface area contributed by atoms with E-state index in [4.69, 9.17) is 0 Å². The highest BCUT2D eigenvalue weighted by Gasteiger charge is 2.47. The van der Waals surface area contributed by atoms with Gasteiger partial charge in [0.1, 0.15) is 0 Å². The van der Waals surface area contributed by atoms with Gasteiger partial charge in [0, 0.05) is 0 Å². The fourth-order valence-corrected chi connectivity index (χ4v) is 9.53. The molecule has 6 atom stereocenters. The molecule has 0 bridgehead atoms. The quantitative estimate of drug-likeness (QED) is 0.157. The number of nitrogens with zero attached hydrogens (tertiary/aromatic N) is 2. The Morgan fingerprint density at radius 3 is 1.35 bits per heavy atom. The van der Waals surface area contributed by atoms with Crippen molar-refractivity contribution >= 4 is 0 Å². The van der Waals surface area contributed by atoms with Crippen molar-refractivity contribution in [2.24, 2.45) is 34.5 Å². The Morgan fingerprint density at radius 2 is 1.02 bits per heavy atom. The van der Waals surface area contributed by atoms with Crippen LogP contribution in [0.1, 0.15) is 152 Å². The number of quaternary nitrogens is 2. The molecule has 2 rings (SSSR count). The van der Waals surface area contributed by atoms with Gasteiger partial charge in [0.15, 0.2) is 0 Å². The van der Waals surface area contributed by atoms with Gasteiger partial charge in [0.05, 0.1) is 46.7 Å². The van der Waals surface area contributed by atoms with E-state index >= 15 is 0 Å². The summed E-state index contributed by atoms with van der Waals surface area (Å²) in [7, 11) is 10.4. The minimum Gasteiger partial charge on any atom is -1.00 e. The lowest BCUT2D eigenvalue weighted by molar-refractivity contribution is -1.12. The van der Waals surface area contributed by atoms with Crippen molar-refractivity contribution in [1.82, 2.24) is 0 Å². The number of hydrogen-bond acceptors (Lipinski definition) is 0. The van der Waals surface area contributed by atoms with Crippen molar-refractivity contribution in [2.45, 2.75) is 170 Å². The van der Waals surface area contributed by atoms with Crippen LogP contribution in [-0.4, -0.2) is 55.4 Å². The molecule has 6 unspecified atom stereocenters. The standard InChI is InChI=1S/C36H74N2.2ClH/c1-14-15-16-21-34(37(10,11)30(4)22-24-32-28(2)19-17-26-35(32,6)7)38(12,13)31(5)23-25-33-29(3)20-18-27-36(33,8)9;;/h28-34H,14-27H2,1-13H3;2*1H/q+2;;/p-2. The maximum atomic E-state index is 2.59. The van der Waals surface area contributed by atoms with Gasteiger partial charge in [-0.2, -0.15) is 0 Å². The molecule has 0 aromatic carbocycles. The summed E-state index contributed by atoms with van der Waals surface area (Å²) < 4.78 is 2.35. The van der Waals surface area contributed by atoms with Crippen molar-refractivity contribution < 1.29 is 33.8 Å². The summed E-state index contributed by atoms with van der Waals surface area (Å²) >= 11 is 0. The van der Waals surface area contributed by atoms with Gasteiger partial charge in [-0.15, -0.1) is 0 Å². The number of unbranched alkanes of at least 4 members (excludes halogenated alkanes) is 2. The van der Waals surface area contributed by atoms with Gasteiger partial charge in [0.2, 0.25) is 6.17 Å². The molecule has 2 nitrogen and oxygen atoms in total. The van der Waals surface area contributed by atoms with E-state index in [1.165, 1.54) is 98.9 Å². The van der Waals surface area contributed by atoms with Crippen LogP contribution in [-0.2, 0) is 0 Å². The van der Waals surface area contributed by atoms with Crippen molar-refractivity contribution in [2.75, 3.05) is 28.2 Å². The molecule has 2 saturated carbocycles. The first-order valence-corrected chi connectivity index (χ1v) is 17.1. The first kappa shape index (κ1) is 40.5. The smallest absolute Gasteiger partial charge is 0.216 e. The van der Waals surface area contributed by atoms with E-state index in [0.29, 0.717) is 29.1 Å². The Morgan fingerprint density at radius 1 is 0.650 bits per heavy atom. The molecular weight excluding hydrogens is 531 g/mol. The van der Waals surface area contributed by atoms with Gasteiger partial charge in [-0.25, -0.2) is 0 Å². The summed E-state index contributed by atoms with van der Waals surface area (Å²) in [5.74, 6) is 3.56. The lowest BCUT2D eigenvalue weighted by atomic mass is 9.62. The Kier molecular flexibility index (Phi) is 16.7. The predicted octanol–water partition coefficient (Wildman–Crippen LogP) is 4.32. The Balaban J connectivity index is 0.00000760. The average Bonchev–Trinajstić information content (AvgIpc) is 2.79. The molecule has 0 N–H and O–H groups in total. The molecule has 0 aromatic rings. The number of rotatable bonds is 14. The molecular formula is C36H74Cl2N2. The molecule has 4 heteroatoms. The van der Waals surface area contributed by atoms with Gasteiger partial charge in [-0.3, -0.25) is 8.97 Å². The van der Waals surface area contributed by atoms with Crippen molar-refractivity contribution in [3.8, 4) is 0 Å². The van der Waals surface area contributed by atoms with Crippen LogP contribution in [0, 0.1) is 34.5 Å². The highest BCUT2D eigenvalue weighted by atomic mass is 35.5. The highest BCUT2D eigenvalue weighted by molar-refractivity contribution is 4.88. The summed E-state index contributed by atoms with van der Waals surface area (Å²) in [6.45, 7) is 22.8. The Hall–Kier alpha value is 0.500. The SMILES string of the molecule is CCCCCC([N+](C)(C)C(C)CCC1C(C)CCCC1(C)C)[N+](C)(C)C(C)CCC1C(C)CCCC1(C)C.[Cl-].[Cl-]. The normalized spacial score (nSPS) is 29.0. The maximum absolute atomic E-state index is 2.59. The van der Waals surface area contributed by atoms with E-state index in [2.05, 4.69) is 90.5 Å². The molecule has 0 amide bonds. The summed E-state index contributed by atoms with van der Waals surface area (Å²) in [6, 6.07) is 1.40. The van der Waals surface area contributed by atoms with E-state index in [-0.39, 0.29) is 24.8 Å².